The van der Waals surface area contributed by atoms with Crippen LogP contribution >= 0.6 is 0 Å². The maximum atomic E-state index is 13.4. The zero-order valence-electron chi connectivity index (χ0n) is 14.9. The van der Waals surface area contributed by atoms with E-state index in [0.29, 0.717) is 22.3 Å². The van der Waals surface area contributed by atoms with Gasteiger partial charge in [-0.15, -0.1) is 0 Å². The van der Waals surface area contributed by atoms with Crippen molar-refractivity contribution in [2.45, 2.75) is 0 Å². The molecule has 4 aromatic carbocycles. The molecule has 0 saturated heterocycles. The molecule has 0 fully saturated rings. The first-order valence-corrected chi connectivity index (χ1v) is 9.30. The van der Waals surface area contributed by atoms with Gasteiger partial charge in [-0.05, 0) is 33.4 Å². The third-order valence-electron chi connectivity index (χ3n) is 5.79. The number of carbonyl (C=O) groups is 2. The lowest BCUT2D eigenvalue weighted by atomic mass is 9.74. The lowest BCUT2D eigenvalue weighted by Gasteiger charge is -2.28. The van der Waals surface area contributed by atoms with Gasteiger partial charge in [0, 0.05) is 22.3 Å². The summed E-state index contributed by atoms with van der Waals surface area (Å²) >= 11 is 0. The molecular weight excluding hydrogens is 344 g/mol. The van der Waals surface area contributed by atoms with Crippen molar-refractivity contribution in [1.29, 1.82) is 0 Å². The van der Waals surface area contributed by atoms with Crippen molar-refractivity contribution in [3.05, 3.63) is 107 Å². The second kappa shape index (κ2) is 5.37. The Balaban J connectivity index is 1.63. The molecule has 6 rings (SSSR count). The van der Waals surface area contributed by atoms with Gasteiger partial charge in [0.2, 0.25) is 0 Å². The van der Waals surface area contributed by atoms with E-state index >= 15 is 0 Å². The maximum absolute atomic E-state index is 13.4. The van der Waals surface area contributed by atoms with Gasteiger partial charge in [-0.25, -0.2) is 0 Å². The van der Waals surface area contributed by atoms with Crippen molar-refractivity contribution in [1.82, 2.24) is 0 Å². The lowest BCUT2D eigenvalue weighted by molar-refractivity contribution is 0.0979. The molecule has 130 valence electrons. The average Bonchev–Trinajstić information content (AvgIpc) is 2.75. The SMILES string of the molecule is O=C1c2ccccc2C(=O)c2c1cccc2-c1cccc2c1-c1ccccc1-2. The summed E-state index contributed by atoms with van der Waals surface area (Å²) in [6.45, 7) is 0. The first kappa shape index (κ1) is 15.3. The molecule has 2 aliphatic carbocycles. The standard InChI is InChI=1S/C26H14O2/c27-25-20-9-3-4-10-21(20)26(28)24-19(13-6-14-22(24)25)18-12-5-11-17-15-7-1-2-8-16(15)23(17)18/h1-14H. The Morgan fingerprint density at radius 3 is 1.43 bits per heavy atom. The fourth-order valence-electron chi connectivity index (χ4n) is 4.53. The van der Waals surface area contributed by atoms with Gasteiger partial charge in [0.15, 0.2) is 11.6 Å². The first-order valence-electron chi connectivity index (χ1n) is 9.30. The molecule has 4 aromatic rings. The predicted octanol–water partition coefficient (Wildman–Crippen LogP) is 5.78. The minimum atomic E-state index is -0.0813. The molecule has 2 nitrogen and oxygen atoms in total. The van der Waals surface area contributed by atoms with Crippen molar-refractivity contribution in [2.75, 3.05) is 0 Å². The van der Waals surface area contributed by atoms with Gasteiger partial charge in [-0.1, -0.05) is 84.9 Å². The number of ketones is 2. The average molecular weight is 358 g/mol. The van der Waals surface area contributed by atoms with E-state index in [0.717, 1.165) is 16.7 Å². The molecule has 2 heteroatoms. The number of rotatable bonds is 1. The monoisotopic (exact) mass is 358 g/mol. The van der Waals surface area contributed by atoms with E-state index in [2.05, 4.69) is 18.2 Å². The highest BCUT2D eigenvalue weighted by Crippen LogP contribution is 2.52. The van der Waals surface area contributed by atoms with Crippen molar-refractivity contribution >= 4 is 11.6 Å². The van der Waals surface area contributed by atoms with Crippen LogP contribution in [0, 0.1) is 0 Å². The Kier molecular flexibility index (Phi) is 2.93. The molecule has 0 radical (unpaired) electrons. The molecule has 0 heterocycles. The van der Waals surface area contributed by atoms with Gasteiger partial charge in [0.25, 0.3) is 0 Å². The van der Waals surface area contributed by atoms with E-state index in [4.69, 9.17) is 0 Å². The smallest absolute Gasteiger partial charge is 0.195 e. The Morgan fingerprint density at radius 2 is 0.750 bits per heavy atom. The highest BCUT2D eigenvalue weighted by Gasteiger charge is 2.33. The summed E-state index contributed by atoms with van der Waals surface area (Å²) in [5, 5.41) is 0. The second-order valence-corrected chi connectivity index (χ2v) is 7.21. The fraction of sp³-hybridized carbons (Fsp3) is 0. The molecule has 0 aromatic heterocycles. The Labute approximate surface area is 162 Å². The number of benzene rings is 4. The van der Waals surface area contributed by atoms with E-state index in [1.54, 1.807) is 24.3 Å². The van der Waals surface area contributed by atoms with Crippen LogP contribution in [-0.4, -0.2) is 11.6 Å². The van der Waals surface area contributed by atoms with Gasteiger partial charge in [-0.2, -0.15) is 0 Å². The number of hydrogen-bond donors (Lipinski definition) is 0. The molecule has 0 unspecified atom stereocenters. The van der Waals surface area contributed by atoms with Crippen LogP contribution in [0.25, 0.3) is 33.4 Å². The van der Waals surface area contributed by atoms with Gasteiger partial charge in [0.1, 0.15) is 0 Å². The normalized spacial score (nSPS) is 13.1. The zero-order valence-corrected chi connectivity index (χ0v) is 14.9. The van der Waals surface area contributed by atoms with Gasteiger partial charge >= 0.3 is 0 Å². The van der Waals surface area contributed by atoms with Crippen LogP contribution in [-0.2, 0) is 0 Å². The van der Waals surface area contributed by atoms with Crippen molar-refractivity contribution in [3.8, 4) is 33.4 Å². The molecular formula is C26H14O2. The summed E-state index contributed by atoms with van der Waals surface area (Å²) in [7, 11) is 0. The molecule has 0 spiro atoms. The van der Waals surface area contributed by atoms with Gasteiger partial charge < -0.3 is 0 Å². The van der Waals surface area contributed by atoms with E-state index in [9.17, 15) is 9.59 Å². The molecule has 28 heavy (non-hydrogen) atoms. The van der Waals surface area contributed by atoms with Crippen molar-refractivity contribution in [3.63, 3.8) is 0 Å². The first-order chi connectivity index (χ1) is 13.8. The largest absolute Gasteiger partial charge is 0.289 e. The van der Waals surface area contributed by atoms with Gasteiger partial charge in [-0.3, -0.25) is 9.59 Å². The maximum Gasteiger partial charge on any atom is 0.195 e. The number of hydrogen-bond acceptors (Lipinski definition) is 2. The summed E-state index contributed by atoms with van der Waals surface area (Å²) in [6, 6.07) is 27.1. The molecule has 0 atom stereocenters. The highest BCUT2D eigenvalue weighted by molar-refractivity contribution is 6.30. The highest BCUT2D eigenvalue weighted by atomic mass is 16.1. The summed E-state index contributed by atoms with van der Waals surface area (Å²) in [6.07, 6.45) is 0. The minimum Gasteiger partial charge on any atom is -0.289 e. The number of carbonyl (C=O) groups excluding carboxylic acids is 2. The van der Waals surface area contributed by atoms with E-state index < -0.39 is 0 Å². The molecule has 0 N–H and O–H groups in total. The van der Waals surface area contributed by atoms with E-state index in [1.807, 2.05) is 42.5 Å². The molecule has 0 bridgehead atoms. The summed E-state index contributed by atoms with van der Waals surface area (Å²) in [5.74, 6) is -0.159. The van der Waals surface area contributed by atoms with Crippen LogP contribution in [0.4, 0.5) is 0 Å². The summed E-state index contributed by atoms with van der Waals surface area (Å²) in [4.78, 5) is 26.4. The Morgan fingerprint density at radius 1 is 0.321 bits per heavy atom. The lowest BCUT2D eigenvalue weighted by Crippen LogP contribution is -2.21. The number of fused-ring (bicyclic) bond motifs is 6. The fourth-order valence-corrected chi connectivity index (χ4v) is 4.53. The van der Waals surface area contributed by atoms with Crippen LogP contribution in [0.5, 0.6) is 0 Å². The quantitative estimate of drug-likeness (QED) is 0.373. The summed E-state index contributed by atoms with van der Waals surface area (Å²) < 4.78 is 0. The predicted molar refractivity (Wildman–Crippen MR) is 110 cm³/mol. The van der Waals surface area contributed by atoms with Gasteiger partial charge in [0.05, 0.1) is 0 Å². The summed E-state index contributed by atoms with van der Waals surface area (Å²) in [5.41, 5.74) is 8.61. The van der Waals surface area contributed by atoms with Crippen LogP contribution in [0.3, 0.4) is 0 Å². The zero-order chi connectivity index (χ0) is 18.8. The van der Waals surface area contributed by atoms with Crippen molar-refractivity contribution in [2.24, 2.45) is 0 Å². The van der Waals surface area contributed by atoms with E-state index in [-0.39, 0.29) is 11.6 Å². The third-order valence-corrected chi connectivity index (χ3v) is 5.79. The topological polar surface area (TPSA) is 34.1 Å². The van der Waals surface area contributed by atoms with Crippen LogP contribution in [0.1, 0.15) is 31.8 Å². The Bertz CT molecular complexity index is 1340. The second-order valence-electron chi connectivity index (χ2n) is 7.21. The van der Waals surface area contributed by atoms with Crippen LogP contribution in [0.15, 0.2) is 84.9 Å². The molecule has 0 saturated carbocycles. The third kappa shape index (κ3) is 1.82. The molecule has 0 aliphatic heterocycles. The molecule has 0 amide bonds. The minimum absolute atomic E-state index is 0.0778. The van der Waals surface area contributed by atoms with E-state index in [1.165, 1.54) is 16.7 Å². The van der Waals surface area contributed by atoms with Crippen LogP contribution in [0.2, 0.25) is 0 Å². The molecule has 2 aliphatic rings. The van der Waals surface area contributed by atoms with Crippen LogP contribution < -0.4 is 0 Å². The van der Waals surface area contributed by atoms with Crippen molar-refractivity contribution < 1.29 is 9.59 Å². The Hall–Kier alpha value is -3.78.